The van der Waals surface area contributed by atoms with Crippen LogP contribution in [0.15, 0.2) is 12.1 Å². The number of aromatic nitrogens is 3. The lowest BCUT2D eigenvalue weighted by Gasteiger charge is -2.30. The number of amides is 1. The Labute approximate surface area is 163 Å². The Bertz CT molecular complexity index is 886. The van der Waals surface area contributed by atoms with Crippen molar-refractivity contribution in [2.75, 3.05) is 7.11 Å². The van der Waals surface area contributed by atoms with Gasteiger partial charge < -0.3 is 19.9 Å². The molecule has 3 rings (SSSR count). The van der Waals surface area contributed by atoms with E-state index in [1.54, 1.807) is 4.40 Å². The number of alkyl carbamates (subject to hydrolysis) is 1. The van der Waals surface area contributed by atoms with Crippen LogP contribution < -0.4 is 10.1 Å². The van der Waals surface area contributed by atoms with Crippen LogP contribution in [-0.2, 0) is 4.74 Å². The summed E-state index contributed by atoms with van der Waals surface area (Å²) in [7, 11) is 1.48. The van der Waals surface area contributed by atoms with Crippen LogP contribution in [0.2, 0.25) is 0 Å². The second-order valence-corrected chi connectivity index (χ2v) is 8.05. The molecule has 2 aromatic rings. The van der Waals surface area contributed by atoms with Gasteiger partial charge in [0, 0.05) is 18.0 Å². The summed E-state index contributed by atoms with van der Waals surface area (Å²) in [6.45, 7) is 5.49. The molecule has 1 aliphatic rings. The van der Waals surface area contributed by atoms with Crippen LogP contribution in [0.4, 0.5) is 4.79 Å². The van der Waals surface area contributed by atoms with Gasteiger partial charge in [-0.3, -0.25) is 0 Å². The number of methoxy groups -OCH3 is 1. The molecule has 1 amide bonds. The van der Waals surface area contributed by atoms with Crippen molar-refractivity contribution in [2.24, 2.45) is 0 Å². The molecule has 9 nitrogen and oxygen atoms in total. The summed E-state index contributed by atoms with van der Waals surface area (Å²) in [6.07, 6.45) is 2.97. The van der Waals surface area contributed by atoms with Crippen molar-refractivity contribution in [1.29, 1.82) is 0 Å². The average Bonchev–Trinajstić information content (AvgIpc) is 3.03. The van der Waals surface area contributed by atoms with Crippen LogP contribution >= 0.6 is 0 Å². The van der Waals surface area contributed by atoms with Crippen LogP contribution in [0.25, 0.3) is 5.65 Å². The molecule has 9 heteroatoms. The lowest BCUT2D eigenvalue weighted by molar-refractivity contribution is 0.0489. The molecule has 2 N–H and O–H groups in total. The zero-order chi connectivity index (χ0) is 20.5. The van der Waals surface area contributed by atoms with Gasteiger partial charge in [0.2, 0.25) is 5.88 Å². The van der Waals surface area contributed by atoms with Gasteiger partial charge in [0.05, 0.1) is 12.7 Å². The predicted molar refractivity (Wildman–Crippen MR) is 101 cm³/mol. The first-order chi connectivity index (χ1) is 13.2. The summed E-state index contributed by atoms with van der Waals surface area (Å²) in [6, 6.07) is 2.91. The van der Waals surface area contributed by atoms with Crippen LogP contribution in [0.5, 0.6) is 5.88 Å². The molecule has 0 radical (unpaired) electrons. The van der Waals surface area contributed by atoms with Crippen LogP contribution in [-0.4, -0.2) is 50.5 Å². The summed E-state index contributed by atoms with van der Waals surface area (Å²) in [5, 5.41) is 20.6. The minimum absolute atomic E-state index is 0.0229. The molecular formula is C19H26N4O5. The molecule has 0 bridgehead atoms. The molecule has 0 saturated heterocycles. The fraction of sp³-hybridized carbons (Fsp3) is 0.579. The molecule has 28 heavy (non-hydrogen) atoms. The first-order valence-corrected chi connectivity index (χ1v) is 9.34. The summed E-state index contributed by atoms with van der Waals surface area (Å²) >= 11 is 0. The number of carbonyl (C=O) groups is 2. The Morgan fingerprint density at radius 1 is 1.25 bits per heavy atom. The summed E-state index contributed by atoms with van der Waals surface area (Å²) < 4.78 is 12.5. The van der Waals surface area contributed by atoms with Crippen molar-refractivity contribution < 1.29 is 24.2 Å². The van der Waals surface area contributed by atoms with E-state index in [1.165, 1.54) is 19.2 Å². The average molecular weight is 390 g/mol. The molecule has 0 spiro atoms. The summed E-state index contributed by atoms with van der Waals surface area (Å²) in [5.74, 6) is 0.0921. The number of ether oxygens (including phenoxy) is 2. The number of rotatable bonds is 4. The van der Waals surface area contributed by atoms with Gasteiger partial charge in [0.15, 0.2) is 5.65 Å². The molecule has 1 saturated carbocycles. The van der Waals surface area contributed by atoms with Gasteiger partial charge in [-0.1, -0.05) is 6.42 Å². The highest BCUT2D eigenvalue weighted by Gasteiger charge is 2.30. The second kappa shape index (κ2) is 7.65. The second-order valence-electron chi connectivity index (χ2n) is 8.05. The summed E-state index contributed by atoms with van der Waals surface area (Å²) in [4.78, 5) is 23.4. The molecule has 1 aliphatic carbocycles. The monoisotopic (exact) mass is 390 g/mol. The number of hydrogen-bond acceptors (Lipinski definition) is 6. The highest BCUT2D eigenvalue weighted by molar-refractivity contribution is 5.89. The highest BCUT2D eigenvalue weighted by Crippen LogP contribution is 2.34. The zero-order valence-electron chi connectivity index (χ0n) is 16.6. The van der Waals surface area contributed by atoms with Crippen molar-refractivity contribution in [3.05, 3.63) is 23.5 Å². The Hall–Kier alpha value is -2.84. The van der Waals surface area contributed by atoms with Gasteiger partial charge in [0.25, 0.3) is 0 Å². The number of hydrogen-bond donors (Lipinski definition) is 2. The summed E-state index contributed by atoms with van der Waals surface area (Å²) in [5.41, 5.74) is -0.0262. The van der Waals surface area contributed by atoms with Gasteiger partial charge in [0.1, 0.15) is 11.4 Å². The number of nitrogens with one attached hydrogen (secondary N) is 1. The number of carboxylic acids is 1. The van der Waals surface area contributed by atoms with Crippen molar-refractivity contribution in [3.8, 4) is 5.88 Å². The number of carbonyl (C=O) groups excluding carboxylic acids is 1. The van der Waals surface area contributed by atoms with Gasteiger partial charge in [-0.05, 0) is 46.1 Å². The Morgan fingerprint density at radius 3 is 2.64 bits per heavy atom. The van der Waals surface area contributed by atoms with Gasteiger partial charge in [-0.15, -0.1) is 10.2 Å². The van der Waals surface area contributed by atoms with Crippen molar-refractivity contribution in [3.63, 3.8) is 0 Å². The van der Waals surface area contributed by atoms with Crippen LogP contribution in [0.3, 0.4) is 0 Å². The van der Waals surface area contributed by atoms with Crippen molar-refractivity contribution in [2.45, 2.75) is 64.0 Å². The highest BCUT2D eigenvalue weighted by atomic mass is 16.6. The van der Waals surface area contributed by atoms with Gasteiger partial charge >= 0.3 is 12.1 Å². The fourth-order valence-electron chi connectivity index (χ4n) is 3.57. The first kappa shape index (κ1) is 19.9. The van der Waals surface area contributed by atoms with E-state index in [4.69, 9.17) is 9.47 Å². The maximum atomic E-state index is 12.1. The van der Waals surface area contributed by atoms with E-state index in [9.17, 15) is 14.7 Å². The third kappa shape index (κ3) is 4.35. The largest absolute Gasteiger partial charge is 0.482 e. The SMILES string of the molecule is COc1cc(C(=O)O)cc2nnc([C@H]3CCC[C@@H](NC(=O)OC(C)(C)C)C3)n12. The Morgan fingerprint density at radius 2 is 2.00 bits per heavy atom. The van der Waals surface area contributed by atoms with E-state index in [0.717, 1.165) is 19.3 Å². The molecule has 2 heterocycles. The molecular weight excluding hydrogens is 364 g/mol. The van der Waals surface area contributed by atoms with Crippen LogP contribution in [0.1, 0.15) is 68.6 Å². The predicted octanol–water partition coefficient (Wildman–Crippen LogP) is 2.99. The molecule has 0 aromatic carbocycles. The number of fused-ring (bicyclic) bond motifs is 1. The third-order valence-corrected chi connectivity index (χ3v) is 4.71. The lowest BCUT2D eigenvalue weighted by atomic mass is 9.85. The molecule has 0 unspecified atom stereocenters. The van der Waals surface area contributed by atoms with E-state index in [1.807, 2.05) is 20.8 Å². The Kier molecular flexibility index (Phi) is 5.44. The normalized spacial score (nSPS) is 20.0. The van der Waals surface area contributed by atoms with Crippen LogP contribution in [0, 0.1) is 0 Å². The van der Waals surface area contributed by atoms with E-state index < -0.39 is 17.7 Å². The van der Waals surface area contributed by atoms with Crippen molar-refractivity contribution >= 4 is 17.7 Å². The number of pyridine rings is 1. The maximum Gasteiger partial charge on any atom is 0.407 e. The minimum atomic E-state index is -1.05. The van der Waals surface area contributed by atoms with E-state index in [-0.39, 0.29) is 17.5 Å². The Balaban J connectivity index is 1.82. The van der Waals surface area contributed by atoms with Crippen molar-refractivity contribution in [1.82, 2.24) is 19.9 Å². The molecule has 152 valence electrons. The number of aromatic carboxylic acids is 1. The zero-order valence-corrected chi connectivity index (χ0v) is 16.6. The lowest BCUT2D eigenvalue weighted by Crippen LogP contribution is -2.41. The minimum Gasteiger partial charge on any atom is -0.482 e. The number of carboxylic acid groups (broad SMARTS) is 1. The topological polar surface area (TPSA) is 115 Å². The quantitative estimate of drug-likeness (QED) is 0.824. The number of nitrogens with zero attached hydrogens (tertiary/aromatic N) is 3. The standard InChI is InChI=1S/C19H26N4O5/c1-19(2,3)28-18(26)20-13-7-5-6-11(8-13)16-22-21-14-9-12(17(24)25)10-15(27-4)23(14)16/h9-11,13H,5-8H2,1-4H3,(H,20,26)(H,24,25)/t11-,13+/m0/s1. The fourth-order valence-corrected chi connectivity index (χ4v) is 3.57. The smallest absolute Gasteiger partial charge is 0.407 e. The first-order valence-electron chi connectivity index (χ1n) is 9.34. The van der Waals surface area contributed by atoms with E-state index in [0.29, 0.717) is 23.8 Å². The van der Waals surface area contributed by atoms with Gasteiger partial charge in [-0.2, -0.15) is 0 Å². The molecule has 2 atom stereocenters. The molecule has 0 aliphatic heterocycles. The molecule has 2 aromatic heterocycles. The maximum absolute atomic E-state index is 12.1. The van der Waals surface area contributed by atoms with Gasteiger partial charge in [-0.25, -0.2) is 14.0 Å². The molecule has 1 fully saturated rings. The van der Waals surface area contributed by atoms with E-state index in [2.05, 4.69) is 15.5 Å². The van der Waals surface area contributed by atoms with E-state index >= 15 is 0 Å². The third-order valence-electron chi connectivity index (χ3n) is 4.71.